The van der Waals surface area contributed by atoms with Crippen LogP contribution < -0.4 is 0 Å². The molecule has 0 aromatic heterocycles. The second-order valence-corrected chi connectivity index (χ2v) is 5.22. The highest BCUT2D eigenvalue weighted by atomic mass is 35.5. The minimum atomic E-state index is -0.907. The minimum Gasteiger partial charge on any atom is -0.482 e. The number of hydrogen-bond donors (Lipinski definition) is 0. The molecule has 0 fully saturated rings. The van der Waals surface area contributed by atoms with E-state index < -0.39 is 24.0 Å². The Kier molecular flexibility index (Phi) is 5.08. The third kappa shape index (κ3) is 3.09. The van der Waals surface area contributed by atoms with Crippen molar-refractivity contribution >= 4 is 23.5 Å². The molecule has 0 aliphatic carbocycles. The summed E-state index contributed by atoms with van der Waals surface area (Å²) in [5, 5.41) is 0.565. The molecule has 2 atom stereocenters. The number of carbonyl (C=O) groups is 2. The Balaban J connectivity index is 2.45. The van der Waals surface area contributed by atoms with Gasteiger partial charge in [0.1, 0.15) is 5.76 Å². The molecule has 0 amide bonds. The molecule has 5 nitrogen and oxygen atoms in total. The molecule has 118 valence electrons. The summed E-state index contributed by atoms with van der Waals surface area (Å²) in [6, 6.07) is 6.90. The van der Waals surface area contributed by atoms with E-state index in [0.717, 1.165) is 5.56 Å². The summed E-state index contributed by atoms with van der Waals surface area (Å²) < 4.78 is 15.4. The number of allylic oxidation sites excluding steroid dienone is 1. The van der Waals surface area contributed by atoms with Crippen molar-refractivity contribution in [3.63, 3.8) is 0 Å². The van der Waals surface area contributed by atoms with E-state index in [0.29, 0.717) is 16.4 Å². The molecule has 1 aliphatic rings. The predicted octanol–water partition coefficient (Wildman–Crippen LogP) is 2.83. The van der Waals surface area contributed by atoms with Crippen molar-refractivity contribution in [1.82, 2.24) is 0 Å². The van der Waals surface area contributed by atoms with Gasteiger partial charge in [-0.25, -0.2) is 9.59 Å². The number of methoxy groups -OCH3 is 1. The van der Waals surface area contributed by atoms with Crippen LogP contribution in [0.1, 0.15) is 25.3 Å². The summed E-state index contributed by atoms with van der Waals surface area (Å²) in [5.74, 6) is -1.25. The first kappa shape index (κ1) is 16.4. The second-order valence-electron chi connectivity index (χ2n) is 4.78. The maximum absolute atomic E-state index is 12.1. The fourth-order valence-corrected chi connectivity index (χ4v) is 2.62. The molecule has 1 aromatic carbocycles. The normalized spacial score (nSPS) is 20.5. The van der Waals surface area contributed by atoms with Gasteiger partial charge in [0.2, 0.25) is 6.10 Å². The molecule has 0 saturated carbocycles. The van der Waals surface area contributed by atoms with Gasteiger partial charge < -0.3 is 14.2 Å². The molecule has 0 radical (unpaired) electrons. The van der Waals surface area contributed by atoms with Gasteiger partial charge in [-0.15, -0.1) is 0 Å². The van der Waals surface area contributed by atoms with Gasteiger partial charge in [0.25, 0.3) is 0 Å². The quantitative estimate of drug-likeness (QED) is 0.797. The van der Waals surface area contributed by atoms with Gasteiger partial charge in [0, 0.05) is 5.02 Å². The Morgan fingerprint density at radius 3 is 2.45 bits per heavy atom. The summed E-state index contributed by atoms with van der Waals surface area (Å²) in [7, 11) is 1.29. The highest BCUT2D eigenvalue weighted by Gasteiger charge is 2.45. The number of hydrogen-bond acceptors (Lipinski definition) is 5. The fourth-order valence-electron chi connectivity index (χ4n) is 2.49. The molecule has 1 heterocycles. The monoisotopic (exact) mass is 324 g/mol. The lowest BCUT2D eigenvalue weighted by Gasteiger charge is -2.19. The number of benzene rings is 1. The molecular formula is C16H17ClO5. The van der Waals surface area contributed by atoms with E-state index in [1.165, 1.54) is 7.11 Å². The molecule has 22 heavy (non-hydrogen) atoms. The van der Waals surface area contributed by atoms with Crippen molar-refractivity contribution in [1.29, 1.82) is 0 Å². The van der Waals surface area contributed by atoms with Crippen LogP contribution in [0.2, 0.25) is 5.02 Å². The smallest absolute Gasteiger partial charge is 0.348 e. The third-order valence-corrected chi connectivity index (χ3v) is 3.70. The van der Waals surface area contributed by atoms with E-state index >= 15 is 0 Å². The minimum absolute atomic E-state index is 0.235. The van der Waals surface area contributed by atoms with E-state index in [2.05, 4.69) is 0 Å². The first-order chi connectivity index (χ1) is 10.5. The first-order valence-electron chi connectivity index (χ1n) is 6.87. The van der Waals surface area contributed by atoms with Gasteiger partial charge in [0.05, 0.1) is 25.2 Å². The van der Waals surface area contributed by atoms with E-state index in [9.17, 15) is 9.59 Å². The average molecular weight is 325 g/mol. The van der Waals surface area contributed by atoms with Gasteiger partial charge in [-0.2, -0.15) is 0 Å². The van der Waals surface area contributed by atoms with Crippen LogP contribution >= 0.6 is 11.6 Å². The van der Waals surface area contributed by atoms with Crippen LogP contribution in [0.25, 0.3) is 0 Å². The van der Waals surface area contributed by atoms with Gasteiger partial charge in [-0.05, 0) is 31.5 Å². The molecule has 6 heteroatoms. The lowest BCUT2D eigenvalue weighted by molar-refractivity contribution is -0.153. The molecule has 0 unspecified atom stereocenters. The van der Waals surface area contributed by atoms with Crippen molar-refractivity contribution in [3.05, 3.63) is 46.2 Å². The largest absolute Gasteiger partial charge is 0.482 e. The number of esters is 2. The van der Waals surface area contributed by atoms with Gasteiger partial charge >= 0.3 is 11.9 Å². The van der Waals surface area contributed by atoms with E-state index in [1.807, 2.05) is 0 Å². The number of halogens is 1. The predicted molar refractivity (Wildman–Crippen MR) is 80.4 cm³/mol. The van der Waals surface area contributed by atoms with Crippen molar-refractivity contribution in [3.8, 4) is 0 Å². The first-order valence-corrected chi connectivity index (χ1v) is 7.25. The fraction of sp³-hybridized carbons (Fsp3) is 0.375. The molecule has 1 aliphatic heterocycles. The molecule has 2 rings (SSSR count). The van der Waals surface area contributed by atoms with Crippen LogP contribution in [0.3, 0.4) is 0 Å². The summed E-state index contributed by atoms with van der Waals surface area (Å²) >= 11 is 5.90. The topological polar surface area (TPSA) is 61.8 Å². The Hall–Kier alpha value is -2.01. The summed E-state index contributed by atoms with van der Waals surface area (Å²) in [6.45, 7) is 3.58. The van der Waals surface area contributed by atoms with Crippen LogP contribution in [0.5, 0.6) is 0 Å². The maximum Gasteiger partial charge on any atom is 0.348 e. The summed E-state index contributed by atoms with van der Waals surface area (Å²) in [6.07, 6.45) is -0.907. The van der Waals surface area contributed by atoms with Crippen LogP contribution in [0, 0.1) is 0 Å². The van der Waals surface area contributed by atoms with Gasteiger partial charge in [-0.3, -0.25) is 0 Å². The zero-order chi connectivity index (χ0) is 16.3. The van der Waals surface area contributed by atoms with E-state index in [1.54, 1.807) is 38.1 Å². The zero-order valence-corrected chi connectivity index (χ0v) is 13.3. The molecule has 0 N–H and O–H groups in total. The molecular weight excluding hydrogens is 308 g/mol. The Labute approximate surface area is 133 Å². The summed E-state index contributed by atoms with van der Waals surface area (Å²) in [5.41, 5.74) is 1.06. The molecule has 0 saturated heterocycles. The van der Waals surface area contributed by atoms with Crippen molar-refractivity contribution in [2.75, 3.05) is 13.7 Å². The SMILES string of the molecule is CCOC(=O)[C@H]1OC(C)=C(C(=O)OC)[C@@H]1c1ccc(Cl)cc1. The highest BCUT2D eigenvalue weighted by molar-refractivity contribution is 6.30. The Morgan fingerprint density at radius 1 is 1.27 bits per heavy atom. The van der Waals surface area contributed by atoms with Crippen molar-refractivity contribution in [2.45, 2.75) is 25.9 Å². The number of ether oxygens (including phenoxy) is 3. The lowest BCUT2D eigenvalue weighted by atomic mass is 9.87. The lowest BCUT2D eigenvalue weighted by Crippen LogP contribution is -2.30. The third-order valence-electron chi connectivity index (χ3n) is 3.45. The second kappa shape index (κ2) is 6.83. The van der Waals surface area contributed by atoms with Crippen LogP contribution in [0.4, 0.5) is 0 Å². The van der Waals surface area contributed by atoms with E-state index in [4.69, 9.17) is 25.8 Å². The highest BCUT2D eigenvalue weighted by Crippen LogP contribution is 2.40. The standard InChI is InChI=1S/C16H17ClO5/c1-4-21-16(19)14-13(10-5-7-11(17)8-6-10)12(9(2)22-14)15(18)20-3/h5-8,13-14H,4H2,1-3H3/t13-,14-/m0/s1. The average Bonchev–Trinajstić information content (AvgIpc) is 2.85. The maximum atomic E-state index is 12.1. The van der Waals surface area contributed by atoms with Crippen molar-refractivity contribution in [2.24, 2.45) is 0 Å². The van der Waals surface area contributed by atoms with E-state index in [-0.39, 0.29) is 6.61 Å². The Morgan fingerprint density at radius 2 is 1.91 bits per heavy atom. The number of rotatable bonds is 4. The van der Waals surface area contributed by atoms with Gasteiger partial charge in [0.15, 0.2) is 0 Å². The summed E-state index contributed by atoms with van der Waals surface area (Å²) in [4.78, 5) is 24.2. The molecule has 0 spiro atoms. The van der Waals surface area contributed by atoms with Crippen LogP contribution in [-0.2, 0) is 23.8 Å². The van der Waals surface area contributed by atoms with Crippen LogP contribution in [0.15, 0.2) is 35.6 Å². The van der Waals surface area contributed by atoms with Gasteiger partial charge in [-0.1, -0.05) is 23.7 Å². The number of carbonyl (C=O) groups excluding carboxylic acids is 2. The van der Waals surface area contributed by atoms with Crippen LogP contribution in [-0.4, -0.2) is 31.8 Å². The van der Waals surface area contributed by atoms with Crippen molar-refractivity contribution < 1.29 is 23.8 Å². The zero-order valence-electron chi connectivity index (χ0n) is 12.6. The molecule has 1 aromatic rings. The Bertz CT molecular complexity index is 605. The molecule has 0 bridgehead atoms.